The van der Waals surface area contributed by atoms with Crippen LogP contribution in [0.15, 0.2) is 24.3 Å². The highest BCUT2D eigenvalue weighted by Gasteiger charge is 2.27. The van der Waals surface area contributed by atoms with Gasteiger partial charge < -0.3 is 15.0 Å². The van der Waals surface area contributed by atoms with Gasteiger partial charge in [0, 0.05) is 25.7 Å². The van der Waals surface area contributed by atoms with E-state index in [-0.39, 0.29) is 12.0 Å². The molecule has 23 heavy (non-hydrogen) atoms. The number of benzene rings is 1. The number of rotatable bonds is 2. The fourth-order valence-electron chi connectivity index (χ4n) is 2.80. The third-order valence-electron chi connectivity index (χ3n) is 3.99. The van der Waals surface area contributed by atoms with Crippen molar-refractivity contribution >= 4 is 12.0 Å². The van der Waals surface area contributed by atoms with E-state index >= 15 is 0 Å². The Balaban J connectivity index is 1.97. The van der Waals surface area contributed by atoms with Gasteiger partial charge in [0.05, 0.1) is 0 Å². The Morgan fingerprint density at radius 1 is 1.22 bits per heavy atom. The van der Waals surface area contributed by atoms with Crippen LogP contribution in [0.5, 0.6) is 0 Å². The topological polar surface area (TPSA) is 58.6 Å². The fraction of sp³-hybridized carbons (Fsp3) is 0.556. The molecule has 0 aliphatic carbocycles. The number of likely N-dealkylation sites (tertiary alicyclic amines) is 1. The average molecular weight is 318 g/mol. The molecule has 0 unspecified atom stereocenters. The van der Waals surface area contributed by atoms with Gasteiger partial charge >= 0.3 is 6.09 Å². The van der Waals surface area contributed by atoms with Crippen LogP contribution in [0.4, 0.5) is 4.79 Å². The van der Waals surface area contributed by atoms with Gasteiger partial charge in [-0.1, -0.05) is 12.1 Å². The van der Waals surface area contributed by atoms with E-state index in [9.17, 15) is 9.59 Å². The number of hydrogen-bond acceptors (Lipinski definition) is 3. The van der Waals surface area contributed by atoms with Crippen LogP contribution in [0.1, 0.15) is 55.5 Å². The molecular weight excluding hydrogens is 292 g/mol. The highest BCUT2D eigenvalue weighted by Crippen LogP contribution is 2.29. The Morgan fingerprint density at radius 2 is 1.87 bits per heavy atom. The first kappa shape index (κ1) is 17.3. The van der Waals surface area contributed by atoms with Gasteiger partial charge in [0.15, 0.2) is 0 Å². The van der Waals surface area contributed by atoms with E-state index in [1.165, 1.54) is 0 Å². The second kappa shape index (κ2) is 7.02. The van der Waals surface area contributed by atoms with Gasteiger partial charge in [-0.25, -0.2) is 4.79 Å². The van der Waals surface area contributed by atoms with Gasteiger partial charge in [0.2, 0.25) is 0 Å². The summed E-state index contributed by atoms with van der Waals surface area (Å²) < 4.78 is 5.42. The second-order valence-corrected chi connectivity index (χ2v) is 6.95. The molecule has 0 aromatic heterocycles. The molecule has 126 valence electrons. The zero-order valence-electron chi connectivity index (χ0n) is 14.4. The van der Waals surface area contributed by atoms with Crippen LogP contribution in [-0.2, 0) is 4.74 Å². The summed E-state index contributed by atoms with van der Waals surface area (Å²) in [4.78, 5) is 25.6. The van der Waals surface area contributed by atoms with Crippen LogP contribution < -0.4 is 5.32 Å². The van der Waals surface area contributed by atoms with Crippen molar-refractivity contribution in [3.63, 3.8) is 0 Å². The first-order valence-corrected chi connectivity index (χ1v) is 8.10. The quantitative estimate of drug-likeness (QED) is 0.911. The number of amides is 2. The summed E-state index contributed by atoms with van der Waals surface area (Å²) in [6.07, 6.45) is 1.53. The van der Waals surface area contributed by atoms with E-state index in [2.05, 4.69) is 11.4 Å². The number of nitrogens with zero attached hydrogens (tertiary/aromatic N) is 1. The fourth-order valence-corrected chi connectivity index (χ4v) is 2.80. The van der Waals surface area contributed by atoms with Gasteiger partial charge in [0.1, 0.15) is 5.60 Å². The van der Waals surface area contributed by atoms with E-state index in [0.717, 1.165) is 18.4 Å². The molecule has 1 aliphatic heterocycles. The third-order valence-corrected chi connectivity index (χ3v) is 3.99. The minimum Gasteiger partial charge on any atom is -0.444 e. The summed E-state index contributed by atoms with van der Waals surface area (Å²) in [6.45, 7) is 7.00. The zero-order chi connectivity index (χ0) is 17.0. The lowest BCUT2D eigenvalue weighted by molar-refractivity contribution is 0.0205. The number of piperidine rings is 1. The molecule has 0 spiro atoms. The molecular formula is C18H26N2O3. The molecule has 1 aromatic rings. The number of carbonyl (C=O) groups excluding carboxylic acids is 2. The van der Waals surface area contributed by atoms with E-state index < -0.39 is 5.60 Å². The maximum absolute atomic E-state index is 12.1. The van der Waals surface area contributed by atoms with Crippen LogP contribution in [0.2, 0.25) is 0 Å². The minimum absolute atomic E-state index is 0.0713. The average Bonchev–Trinajstić information content (AvgIpc) is 2.53. The summed E-state index contributed by atoms with van der Waals surface area (Å²) in [5.41, 5.74) is 1.38. The molecule has 1 aromatic carbocycles. The van der Waals surface area contributed by atoms with Gasteiger partial charge in [0.25, 0.3) is 5.91 Å². The number of nitrogens with one attached hydrogen (secondary N) is 1. The van der Waals surface area contributed by atoms with Crippen LogP contribution in [-0.4, -0.2) is 42.6 Å². The maximum Gasteiger partial charge on any atom is 0.410 e. The molecule has 1 N–H and O–H groups in total. The predicted molar refractivity (Wildman–Crippen MR) is 89.6 cm³/mol. The number of ether oxygens (including phenoxy) is 1. The van der Waals surface area contributed by atoms with Crippen molar-refractivity contribution in [2.24, 2.45) is 0 Å². The van der Waals surface area contributed by atoms with Crippen molar-refractivity contribution in [2.75, 3.05) is 20.1 Å². The molecule has 0 saturated carbocycles. The molecule has 0 atom stereocenters. The van der Waals surface area contributed by atoms with E-state index in [1.54, 1.807) is 11.9 Å². The summed E-state index contributed by atoms with van der Waals surface area (Å²) in [5, 5.41) is 2.65. The van der Waals surface area contributed by atoms with Crippen molar-refractivity contribution in [1.82, 2.24) is 10.2 Å². The van der Waals surface area contributed by atoms with Gasteiger partial charge in [-0.2, -0.15) is 0 Å². The van der Waals surface area contributed by atoms with Crippen molar-refractivity contribution in [1.29, 1.82) is 0 Å². The van der Waals surface area contributed by atoms with Crippen LogP contribution >= 0.6 is 0 Å². The SMILES string of the molecule is CNC(=O)c1cccc(C2CCN(C(=O)OC(C)(C)C)CC2)c1. The summed E-state index contributed by atoms with van der Waals surface area (Å²) in [7, 11) is 1.63. The van der Waals surface area contributed by atoms with Crippen molar-refractivity contribution < 1.29 is 14.3 Å². The Labute approximate surface area is 138 Å². The van der Waals surface area contributed by atoms with Gasteiger partial charge in [-0.05, 0) is 57.2 Å². The molecule has 2 rings (SSSR count). The lowest BCUT2D eigenvalue weighted by Crippen LogP contribution is -2.41. The summed E-state index contributed by atoms with van der Waals surface area (Å²) in [6, 6.07) is 7.74. The third kappa shape index (κ3) is 4.71. The van der Waals surface area contributed by atoms with Crippen molar-refractivity contribution in [3.05, 3.63) is 35.4 Å². The van der Waals surface area contributed by atoms with Crippen molar-refractivity contribution in [2.45, 2.75) is 45.1 Å². The zero-order valence-corrected chi connectivity index (χ0v) is 14.4. The lowest BCUT2D eigenvalue weighted by Gasteiger charge is -2.33. The highest BCUT2D eigenvalue weighted by molar-refractivity contribution is 5.94. The minimum atomic E-state index is -0.463. The van der Waals surface area contributed by atoms with Crippen LogP contribution in [0.25, 0.3) is 0 Å². The smallest absolute Gasteiger partial charge is 0.410 e. The number of carbonyl (C=O) groups is 2. The van der Waals surface area contributed by atoms with E-state index in [4.69, 9.17) is 4.74 Å². The molecule has 1 aliphatic rings. The molecule has 1 fully saturated rings. The predicted octanol–water partition coefficient (Wildman–Crippen LogP) is 3.16. The standard InChI is InChI=1S/C18H26N2O3/c1-18(2,3)23-17(22)20-10-8-13(9-11-20)14-6-5-7-15(12-14)16(21)19-4/h5-7,12-13H,8-11H2,1-4H3,(H,19,21). The molecule has 5 heteroatoms. The Bertz CT molecular complexity index is 570. The Hall–Kier alpha value is -2.04. The van der Waals surface area contributed by atoms with E-state index in [1.807, 2.05) is 39.0 Å². The monoisotopic (exact) mass is 318 g/mol. The second-order valence-electron chi connectivity index (χ2n) is 6.95. The van der Waals surface area contributed by atoms with Crippen LogP contribution in [0.3, 0.4) is 0 Å². The normalized spacial score (nSPS) is 16.1. The van der Waals surface area contributed by atoms with Crippen molar-refractivity contribution in [3.8, 4) is 0 Å². The molecule has 0 radical (unpaired) electrons. The number of hydrogen-bond donors (Lipinski definition) is 1. The first-order chi connectivity index (χ1) is 10.8. The first-order valence-electron chi connectivity index (χ1n) is 8.10. The van der Waals surface area contributed by atoms with Gasteiger partial charge in [-0.3, -0.25) is 4.79 Å². The molecule has 1 heterocycles. The summed E-state index contributed by atoms with van der Waals surface area (Å²) >= 11 is 0. The molecule has 5 nitrogen and oxygen atoms in total. The van der Waals surface area contributed by atoms with Crippen LogP contribution in [0, 0.1) is 0 Å². The largest absolute Gasteiger partial charge is 0.444 e. The maximum atomic E-state index is 12.1. The Morgan fingerprint density at radius 3 is 2.43 bits per heavy atom. The molecule has 2 amide bonds. The lowest BCUT2D eigenvalue weighted by atomic mass is 9.88. The summed E-state index contributed by atoms with van der Waals surface area (Å²) in [5.74, 6) is 0.302. The Kier molecular flexibility index (Phi) is 5.29. The highest BCUT2D eigenvalue weighted by atomic mass is 16.6. The molecule has 1 saturated heterocycles. The van der Waals surface area contributed by atoms with E-state index in [0.29, 0.717) is 24.6 Å². The molecule has 0 bridgehead atoms. The van der Waals surface area contributed by atoms with Gasteiger partial charge in [-0.15, -0.1) is 0 Å².